The van der Waals surface area contributed by atoms with Crippen molar-refractivity contribution in [2.45, 2.75) is 18.8 Å². The van der Waals surface area contributed by atoms with E-state index in [0.717, 1.165) is 12.1 Å². The van der Waals surface area contributed by atoms with Crippen LogP contribution in [0.2, 0.25) is 5.02 Å². The number of furan rings is 1. The normalized spacial score (nSPS) is 17.0. The van der Waals surface area contributed by atoms with Gasteiger partial charge in [0, 0.05) is 17.3 Å². The fourth-order valence-corrected chi connectivity index (χ4v) is 4.28. The molecule has 4 rings (SSSR count). The van der Waals surface area contributed by atoms with Gasteiger partial charge in [0.05, 0.1) is 15.5 Å². The maximum atomic E-state index is 12.4. The molecule has 158 valence electrons. The molecule has 1 atom stereocenters. The number of aryl methyl sites for hydroxylation is 1. The number of benzene rings is 2. The summed E-state index contributed by atoms with van der Waals surface area (Å²) in [6.45, 7) is 2.10. The van der Waals surface area contributed by atoms with Gasteiger partial charge in [-0.25, -0.2) is 4.79 Å². The van der Waals surface area contributed by atoms with Crippen molar-refractivity contribution in [1.82, 2.24) is 5.32 Å². The number of halogens is 1. The Morgan fingerprint density at radius 1 is 1.23 bits per heavy atom. The summed E-state index contributed by atoms with van der Waals surface area (Å²) in [7, 11) is 0. The third-order valence-electron chi connectivity index (χ3n) is 4.77. The lowest BCUT2D eigenvalue weighted by Gasteiger charge is -2.12. The number of carboxylic acids is 1. The average molecular weight is 455 g/mol. The minimum absolute atomic E-state index is 0.113. The Kier molecular flexibility index (Phi) is 6.06. The Morgan fingerprint density at radius 3 is 2.71 bits per heavy atom. The molecule has 3 aromatic rings. The molecule has 8 heteroatoms. The molecule has 0 unspecified atom stereocenters. The zero-order chi connectivity index (χ0) is 22.0. The molecule has 1 aliphatic rings. The molecule has 0 spiro atoms. The molecular weight excluding hydrogens is 436 g/mol. The number of nitrogens with one attached hydrogen (secondary N) is 2. The summed E-state index contributed by atoms with van der Waals surface area (Å²) in [6.07, 6.45) is 2.62. The molecule has 2 aromatic carbocycles. The van der Waals surface area contributed by atoms with E-state index >= 15 is 0 Å². The predicted octanol–water partition coefficient (Wildman–Crippen LogP) is 5.46. The van der Waals surface area contributed by atoms with Crippen LogP contribution in [0.4, 0.5) is 5.69 Å². The van der Waals surface area contributed by atoms with E-state index in [0.29, 0.717) is 27.0 Å². The highest BCUT2D eigenvalue weighted by Crippen LogP contribution is 2.34. The van der Waals surface area contributed by atoms with Crippen LogP contribution < -0.4 is 10.6 Å². The third kappa shape index (κ3) is 4.78. The predicted molar refractivity (Wildman–Crippen MR) is 123 cm³/mol. The maximum Gasteiger partial charge on any atom is 0.335 e. The van der Waals surface area contributed by atoms with E-state index in [-0.39, 0.29) is 17.0 Å². The third-order valence-corrected chi connectivity index (χ3v) is 6.13. The van der Waals surface area contributed by atoms with Gasteiger partial charge in [-0.15, -0.1) is 0 Å². The zero-order valence-electron chi connectivity index (χ0n) is 16.5. The van der Waals surface area contributed by atoms with Gasteiger partial charge in [0.2, 0.25) is 0 Å². The quantitative estimate of drug-likeness (QED) is 0.428. The molecule has 3 N–H and O–H groups in total. The molecule has 0 radical (unpaired) electrons. The Morgan fingerprint density at radius 2 is 2.00 bits per heavy atom. The van der Waals surface area contributed by atoms with E-state index < -0.39 is 5.97 Å². The topological polar surface area (TPSA) is 91.6 Å². The van der Waals surface area contributed by atoms with Crippen molar-refractivity contribution in [2.24, 2.45) is 0 Å². The highest BCUT2D eigenvalue weighted by molar-refractivity contribution is 8.05. The van der Waals surface area contributed by atoms with Gasteiger partial charge in [0.1, 0.15) is 11.5 Å². The molecule has 1 fully saturated rings. The summed E-state index contributed by atoms with van der Waals surface area (Å²) in [4.78, 5) is 24.1. The van der Waals surface area contributed by atoms with Crippen molar-refractivity contribution in [1.29, 1.82) is 0 Å². The molecular formula is C23H19ClN2O4S. The van der Waals surface area contributed by atoms with Crippen LogP contribution in [0.3, 0.4) is 0 Å². The smallest absolute Gasteiger partial charge is 0.335 e. The Labute approximate surface area is 188 Å². The van der Waals surface area contributed by atoms with Crippen LogP contribution in [0.25, 0.3) is 17.4 Å². The number of hydrogen-bond donors (Lipinski definition) is 3. The van der Waals surface area contributed by atoms with Gasteiger partial charge >= 0.3 is 5.97 Å². The van der Waals surface area contributed by atoms with Crippen LogP contribution in [-0.2, 0) is 11.2 Å². The first-order chi connectivity index (χ1) is 14.9. The van der Waals surface area contributed by atoms with Crippen molar-refractivity contribution in [3.8, 4) is 11.3 Å². The number of rotatable bonds is 6. The maximum absolute atomic E-state index is 12.4. The molecule has 1 aromatic heterocycles. The lowest BCUT2D eigenvalue weighted by atomic mass is 10.1. The first-order valence-corrected chi connectivity index (χ1v) is 10.9. The number of anilines is 1. The van der Waals surface area contributed by atoms with Crippen LogP contribution in [0.1, 0.15) is 28.6 Å². The molecule has 0 aliphatic carbocycles. The molecule has 0 saturated carbocycles. The second kappa shape index (κ2) is 8.91. The number of thioether (sulfide) groups is 1. The number of carbonyl (C=O) groups is 2. The summed E-state index contributed by atoms with van der Waals surface area (Å²) in [5, 5.41) is 15.7. The first kappa shape index (κ1) is 21.1. The van der Waals surface area contributed by atoms with Crippen LogP contribution in [0.5, 0.6) is 0 Å². The fourth-order valence-electron chi connectivity index (χ4n) is 3.10. The molecule has 1 aliphatic heterocycles. The summed E-state index contributed by atoms with van der Waals surface area (Å²) in [6, 6.07) is 15.9. The van der Waals surface area contributed by atoms with E-state index in [1.54, 1.807) is 18.2 Å². The number of amides is 1. The Bertz CT molecular complexity index is 1170. The SMILES string of the molecule is CCc1ccc(N[C@H]2NC(=O)/C(=C/c3ccc(-c4cc(C(=O)O)ccc4Cl)o3)S2)cc1. The minimum Gasteiger partial charge on any atom is -0.478 e. The molecule has 31 heavy (non-hydrogen) atoms. The first-order valence-electron chi connectivity index (χ1n) is 9.60. The number of hydrogen-bond acceptors (Lipinski definition) is 5. The average Bonchev–Trinajstić information content (AvgIpc) is 3.35. The van der Waals surface area contributed by atoms with E-state index in [1.165, 1.54) is 35.5 Å². The van der Waals surface area contributed by atoms with E-state index in [2.05, 4.69) is 29.7 Å². The lowest BCUT2D eigenvalue weighted by Crippen LogP contribution is -2.30. The highest BCUT2D eigenvalue weighted by Gasteiger charge is 2.27. The van der Waals surface area contributed by atoms with Crippen molar-refractivity contribution < 1.29 is 19.1 Å². The number of carbonyl (C=O) groups excluding carboxylic acids is 1. The van der Waals surface area contributed by atoms with Gasteiger partial charge < -0.3 is 20.2 Å². The Hall–Kier alpha value is -3.16. The van der Waals surface area contributed by atoms with Gasteiger partial charge in [-0.1, -0.05) is 42.4 Å². The van der Waals surface area contributed by atoms with E-state index in [9.17, 15) is 14.7 Å². The zero-order valence-corrected chi connectivity index (χ0v) is 18.1. The second-order valence-corrected chi connectivity index (χ2v) is 8.43. The second-order valence-electron chi connectivity index (χ2n) is 6.88. The van der Waals surface area contributed by atoms with E-state index in [1.807, 2.05) is 12.1 Å². The highest BCUT2D eigenvalue weighted by atomic mass is 35.5. The Balaban J connectivity index is 1.49. The van der Waals surface area contributed by atoms with Crippen LogP contribution in [-0.4, -0.2) is 22.5 Å². The summed E-state index contributed by atoms with van der Waals surface area (Å²) >= 11 is 7.57. The van der Waals surface area contributed by atoms with Crippen LogP contribution >= 0.6 is 23.4 Å². The van der Waals surface area contributed by atoms with Crippen molar-refractivity contribution in [3.05, 3.63) is 81.4 Å². The monoisotopic (exact) mass is 454 g/mol. The summed E-state index contributed by atoms with van der Waals surface area (Å²) < 4.78 is 5.81. The lowest BCUT2D eigenvalue weighted by molar-refractivity contribution is -0.116. The van der Waals surface area contributed by atoms with Crippen molar-refractivity contribution in [2.75, 3.05) is 5.32 Å². The van der Waals surface area contributed by atoms with Gasteiger partial charge in [-0.3, -0.25) is 4.79 Å². The molecule has 0 bridgehead atoms. The van der Waals surface area contributed by atoms with Crippen LogP contribution in [0.15, 0.2) is 63.9 Å². The molecule has 1 amide bonds. The van der Waals surface area contributed by atoms with Gasteiger partial charge in [0.15, 0.2) is 5.50 Å². The standard InChI is InChI=1S/C23H19ClN2O4S/c1-2-13-3-6-15(7-4-13)25-23-26-21(27)20(31-23)12-16-8-10-19(30-16)17-11-14(22(28)29)5-9-18(17)24/h3-12,23,25H,2H2,1H3,(H,26,27)(H,28,29)/b20-12-/t23-/m0/s1. The number of aromatic carboxylic acids is 1. The molecule has 2 heterocycles. The minimum atomic E-state index is -1.05. The fraction of sp³-hybridized carbons (Fsp3) is 0.130. The molecule has 6 nitrogen and oxygen atoms in total. The van der Waals surface area contributed by atoms with Crippen molar-refractivity contribution >= 4 is 47.0 Å². The largest absolute Gasteiger partial charge is 0.478 e. The summed E-state index contributed by atoms with van der Waals surface area (Å²) in [5.74, 6) is -0.350. The molecule has 1 saturated heterocycles. The van der Waals surface area contributed by atoms with Gasteiger partial charge in [0.25, 0.3) is 5.91 Å². The summed E-state index contributed by atoms with van der Waals surface area (Å²) in [5.41, 5.74) is 2.47. The van der Waals surface area contributed by atoms with E-state index in [4.69, 9.17) is 16.0 Å². The van der Waals surface area contributed by atoms with Gasteiger partial charge in [-0.05, 0) is 54.4 Å². The van der Waals surface area contributed by atoms with Gasteiger partial charge in [-0.2, -0.15) is 0 Å². The van der Waals surface area contributed by atoms with Crippen molar-refractivity contribution in [3.63, 3.8) is 0 Å². The number of carboxylic acid groups (broad SMARTS) is 1. The van der Waals surface area contributed by atoms with Crippen LogP contribution in [0, 0.1) is 0 Å².